The lowest BCUT2D eigenvalue weighted by molar-refractivity contribution is -0.134. The van der Waals surface area contributed by atoms with E-state index in [-0.39, 0.29) is 30.3 Å². The van der Waals surface area contributed by atoms with Gasteiger partial charge < -0.3 is 21.1 Å². The minimum atomic E-state index is -0.450. The van der Waals surface area contributed by atoms with Crippen molar-refractivity contribution in [1.82, 2.24) is 15.2 Å². The van der Waals surface area contributed by atoms with Crippen molar-refractivity contribution in [2.24, 2.45) is 11.7 Å². The van der Waals surface area contributed by atoms with Crippen molar-refractivity contribution in [3.05, 3.63) is 54.1 Å². The molecule has 1 aromatic heterocycles. The second-order valence-electron chi connectivity index (χ2n) is 8.29. The van der Waals surface area contributed by atoms with Crippen LogP contribution in [0.25, 0.3) is 11.1 Å². The molecular formula is C24H33FN4O3. The Labute approximate surface area is 188 Å². The molecule has 174 valence electrons. The largest absolute Gasteiger partial charge is 0.394 e. The van der Waals surface area contributed by atoms with Crippen molar-refractivity contribution >= 4 is 12.3 Å². The smallest absolute Gasteiger partial charge is 0.239 e. The molecule has 32 heavy (non-hydrogen) atoms. The van der Waals surface area contributed by atoms with Crippen LogP contribution in [0.2, 0.25) is 0 Å². The number of rotatable bonds is 7. The zero-order chi connectivity index (χ0) is 23.7. The summed E-state index contributed by atoms with van der Waals surface area (Å²) in [7, 11) is 0. The Balaban J connectivity index is 0.000000244. The number of aromatic nitrogens is 1. The first-order chi connectivity index (χ1) is 15.3. The zero-order valence-corrected chi connectivity index (χ0v) is 18.9. The number of amides is 2. The quantitative estimate of drug-likeness (QED) is 0.569. The predicted molar refractivity (Wildman–Crippen MR) is 122 cm³/mol. The molecule has 2 aromatic rings. The van der Waals surface area contributed by atoms with Gasteiger partial charge in [0.25, 0.3) is 0 Å². The summed E-state index contributed by atoms with van der Waals surface area (Å²) in [5.41, 5.74) is 7.75. The Bertz CT molecular complexity index is 876. The summed E-state index contributed by atoms with van der Waals surface area (Å²) in [5, 5.41) is 11.7. The predicted octanol–water partition coefficient (Wildman–Crippen LogP) is 2.65. The average Bonchev–Trinajstić information content (AvgIpc) is 3.23. The van der Waals surface area contributed by atoms with Crippen molar-refractivity contribution in [2.45, 2.75) is 51.7 Å². The van der Waals surface area contributed by atoms with E-state index in [1.54, 1.807) is 30.3 Å². The Kier molecular flexibility index (Phi) is 9.74. The van der Waals surface area contributed by atoms with Gasteiger partial charge in [0.15, 0.2) is 0 Å². The van der Waals surface area contributed by atoms with Gasteiger partial charge in [-0.1, -0.05) is 38.1 Å². The molecule has 1 aromatic carbocycles. The Morgan fingerprint density at radius 2 is 2.03 bits per heavy atom. The summed E-state index contributed by atoms with van der Waals surface area (Å²) in [6.07, 6.45) is 5.47. The van der Waals surface area contributed by atoms with Crippen LogP contribution >= 0.6 is 0 Å². The number of likely N-dealkylation sites (tertiary alicyclic amines) is 1. The minimum absolute atomic E-state index is 0.125. The second-order valence-corrected chi connectivity index (χ2v) is 8.29. The number of carbonyl (C=O) groups excluding carboxylic acids is 2. The summed E-state index contributed by atoms with van der Waals surface area (Å²) in [6.45, 7) is 6.77. The summed E-state index contributed by atoms with van der Waals surface area (Å²) in [5.74, 6) is -0.0275. The van der Waals surface area contributed by atoms with Crippen LogP contribution in [-0.2, 0) is 9.59 Å². The lowest BCUT2D eigenvalue weighted by Gasteiger charge is -2.26. The van der Waals surface area contributed by atoms with Gasteiger partial charge in [-0.15, -0.1) is 0 Å². The molecule has 7 nitrogen and oxygen atoms in total. The summed E-state index contributed by atoms with van der Waals surface area (Å²) < 4.78 is 13.6. The molecule has 0 spiro atoms. The lowest BCUT2D eigenvalue weighted by atomic mass is 10.0. The molecular weight excluding hydrogens is 411 g/mol. The number of pyridine rings is 1. The first kappa shape index (κ1) is 25.4. The normalized spacial score (nSPS) is 17.3. The van der Waals surface area contributed by atoms with Crippen molar-refractivity contribution in [1.29, 1.82) is 0 Å². The van der Waals surface area contributed by atoms with E-state index < -0.39 is 6.04 Å². The van der Waals surface area contributed by atoms with E-state index in [2.05, 4.69) is 17.2 Å². The minimum Gasteiger partial charge on any atom is -0.394 e. The molecule has 0 radical (unpaired) electrons. The number of nitrogens with two attached hydrogens (primary N) is 1. The maximum atomic E-state index is 13.6. The number of carbonyl (C=O) groups is 2. The molecule has 1 aliphatic heterocycles. The lowest BCUT2D eigenvalue weighted by Crippen LogP contribution is -2.47. The van der Waals surface area contributed by atoms with E-state index >= 15 is 0 Å². The van der Waals surface area contributed by atoms with E-state index in [1.165, 1.54) is 6.20 Å². The topological polar surface area (TPSA) is 109 Å². The first-order valence-electron chi connectivity index (χ1n) is 10.9. The monoisotopic (exact) mass is 444 g/mol. The fourth-order valence-electron chi connectivity index (χ4n) is 3.58. The van der Waals surface area contributed by atoms with E-state index in [0.717, 1.165) is 31.1 Å². The van der Waals surface area contributed by atoms with Crippen LogP contribution < -0.4 is 11.1 Å². The van der Waals surface area contributed by atoms with E-state index in [9.17, 15) is 14.0 Å². The molecule has 0 saturated carbocycles. The van der Waals surface area contributed by atoms with Gasteiger partial charge >= 0.3 is 0 Å². The van der Waals surface area contributed by atoms with Gasteiger partial charge in [-0.05, 0) is 42.9 Å². The van der Waals surface area contributed by atoms with E-state index in [4.69, 9.17) is 10.8 Å². The van der Waals surface area contributed by atoms with Crippen LogP contribution in [0, 0.1) is 11.7 Å². The van der Waals surface area contributed by atoms with Crippen molar-refractivity contribution < 1.29 is 19.1 Å². The number of hydrogen-bond acceptors (Lipinski definition) is 5. The van der Waals surface area contributed by atoms with Gasteiger partial charge in [-0.3, -0.25) is 14.6 Å². The summed E-state index contributed by atoms with van der Waals surface area (Å²) in [4.78, 5) is 27.8. The van der Waals surface area contributed by atoms with Crippen molar-refractivity contribution in [2.75, 3.05) is 13.2 Å². The number of benzene rings is 1. The van der Waals surface area contributed by atoms with Crippen molar-refractivity contribution in [3.8, 4) is 11.1 Å². The third-order valence-corrected chi connectivity index (χ3v) is 5.69. The van der Waals surface area contributed by atoms with Gasteiger partial charge in [-0.25, -0.2) is 4.39 Å². The zero-order valence-electron chi connectivity index (χ0n) is 18.9. The molecule has 3 rings (SSSR count). The molecule has 0 aliphatic carbocycles. The molecule has 1 aliphatic rings. The average molecular weight is 445 g/mol. The van der Waals surface area contributed by atoms with Crippen LogP contribution in [0.15, 0.2) is 42.7 Å². The van der Waals surface area contributed by atoms with Gasteiger partial charge in [-0.2, -0.15) is 0 Å². The van der Waals surface area contributed by atoms with E-state index in [0.29, 0.717) is 23.6 Å². The Hall–Kier alpha value is -2.84. The highest BCUT2D eigenvalue weighted by Crippen LogP contribution is 2.23. The molecule has 0 bridgehead atoms. The third kappa shape index (κ3) is 6.58. The standard InChI is InChI=1S/C14H13FN2O2.C10H20N2O/c15-13-7-16-6-5-12(13)10-1-3-11(4-2-10)14(8-18)17-9-19;1-7(2)9(11)10(13)12-6-4-5-8(12)3/h1-7,9,14,18H,8H2,(H,17,19);7-9H,4-6,11H2,1-3H3. The highest BCUT2D eigenvalue weighted by Gasteiger charge is 2.29. The van der Waals surface area contributed by atoms with Gasteiger partial charge in [0, 0.05) is 24.3 Å². The van der Waals surface area contributed by atoms with Crippen LogP contribution in [0.1, 0.15) is 45.2 Å². The van der Waals surface area contributed by atoms with Crippen LogP contribution in [-0.4, -0.2) is 52.5 Å². The number of hydrogen-bond donors (Lipinski definition) is 3. The molecule has 3 atom stereocenters. The SMILES string of the molecule is CC(C)C(N)C(=O)N1CCCC1C.O=CNC(CO)c1ccc(-c2ccncc2F)cc1. The number of nitrogens with one attached hydrogen (secondary N) is 1. The molecule has 2 amide bonds. The first-order valence-corrected chi connectivity index (χ1v) is 10.9. The summed E-state index contributed by atoms with van der Waals surface area (Å²) in [6, 6.07) is 8.18. The molecule has 1 fully saturated rings. The van der Waals surface area contributed by atoms with Gasteiger partial charge in [0.05, 0.1) is 24.9 Å². The van der Waals surface area contributed by atoms with Crippen LogP contribution in [0.5, 0.6) is 0 Å². The Morgan fingerprint density at radius 1 is 1.34 bits per heavy atom. The van der Waals surface area contributed by atoms with Crippen LogP contribution in [0.4, 0.5) is 4.39 Å². The maximum Gasteiger partial charge on any atom is 0.239 e. The highest BCUT2D eigenvalue weighted by atomic mass is 19.1. The third-order valence-electron chi connectivity index (χ3n) is 5.69. The highest BCUT2D eigenvalue weighted by molar-refractivity contribution is 5.82. The second kappa shape index (κ2) is 12.3. The fourth-order valence-corrected chi connectivity index (χ4v) is 3.58. The maximum absolute atomic E-state index is 13.6. The van der Waals surface area contributed by atoms with Crippen molar-refractivity contribution in [3.63, 3.8) is 0 Å². The van der Waals surface area contributed by atoms with Crippen LogP contribution in [0.3, 0.4) is 0 Å². The van der Waals surface area contributed by atoms with Gasteiger partial charge in [0.1, 0.15) is 5.82 Å². The van der Waals surface area contributed by atoms with Gasteiger partial charge in [0.2, 0.25) is 12.3 Å². The number of nitrogens with zero attached hydrogens (tertiary/aromatic N) is 2. The van der Waals surface area contributed by atoms with E-state index in [1.807, 2.05) is 18.7 Å². The number of halogens is 1. The molecule has 1 saturated heterocycles. The number of aliphatic hydroxyl groups excluding tert-OH is 1. The summed E-state index contributed by atoms with van der Waals surface area (Å²) >= 11 is 0. The Morgan fingerprint density at radius 3 is 2.53 bits per heavy atom. The molecule has 2 heterocycles. The molecule has 3 unspecified atom stereocenters. The molecule has 4 N–H and O–H groups in total. The fraction of sp³-hybridized carbons (Fsp3) is 0.458. The number of aliphatic hydroxyl groups is 1. The molecule has 8 heteroatoms.